The van der Waals surface area contributed by atoms with Gasteiger partial charge in [0.15, 0.2) is 0 Å². The van der Waals surface area contributed by atoms with Gasteiger partial charge >= 0.3 is 11.9 Å². The molecule has 0 aliphatic carbocycles. The molecule has 0 fully saturated rings. The van der Waals surface area contributed by atoms with Crippen molar-refractivity contribution < 1.29 is 14.4 Å². The van der Waals surface area contributed by atoms with Crippen molar-refractivity contribution >= 4 is 17.7 Å². The first kappa shape index (κ1) is 18.4. The molecule has 0 saturated heterocycles. The fourth-order valence-electron chi connectivity index (χ4n) is 1.81. The molecular weight excluding hydrogens is 274 g/mol. The summed E-state index contributed by atoms with van der Waals surface area (Å²) in [5.41, 5.74) is 0. The molecule has 0 heterocycles. The molecule has 0 bridgehead atoms. The standard InChI is InChI=1S/C13H19N5O3/c1-5-17-11(19)8(7-14)9(12(20)16-4)10(15-3)13(21)18-6-2/h8-10H,5-6H2,1-2,4H3,(H,16,20)(H,17,19)(H,18,21). The lowest BCUT2D eigenvalue weighted by Crippen LogP contribution is -2.50. The third kappa shape index (κ3) is 4.77. The Kier molecular flexibility index (Phi) is 8.16. The monoisotopic (exact) mass is 293 g/mol. The number of carbonyl (C=O) groups excluding carboxylic acids is 3. The minimum atomic E-state index is -1.43. The Morgan fingerprint density at radius 3 is 2.05 bits per heavy atom. The molecule has 0 spiro atoms. The highest BCUT2D eigenvalue weighted by molar-refractivity contribution is 5.96. The van der Waals surface area contributed by atoms with Gasteiger partial charge in [-0.1, -0.05) is 0 Å². The smallest absolute Gasteiger partial charge is 0.313 e. The van der Waals surface area contributed by atoms with E-state index in [0.29, 0.717) is 0 Å². The van der Waals surface area contributed by atoms with Crippen molar-refractivity contribution in [2.75, 3.05) is 20.1 Å². The molecule has 0 radical (unpaired) electrons. The van der Waals surface area contributed by atoms with E-state index in [0.717, 1.165) is 0 Å². The summed E-state index contributed by atoms with van der Waals surface area (Å²) in [5.74, 6) is -4.82. The van der Waals surface area contributed by atoms with E-state index in [2.05, 4.69) is 20.8 Å². The highest BCUT2D eigenvalue weighted by atomic mass is 16.2. The van der Waals surface area contributed by atoms with Gasteiger partial charge in [-0.3, -0.25) is 14.4 Å². The lowest BCUT2D eigenvalue weighted by atomic mass is 9.85. The number of nitriles is 1. The summed E-state index contributed by atoms with van der Waals surface area (Å²) in [6, 6.07) is 0.284. The molecule has 0 aromatic rings. The van der Waals surface area contributed by atoms with Crippen molar-refractivity contribution in [2.45, 2.75) is 19.9 Å². The summed E-state index contributed by atoms with van der Waals surface area (Å²) < 4.78 is 0. The molecule has 3 N–H and O–H groups in total. The molecule has 3 atom stereocenters. The zero-order valence-corrected chi connectivity index (χ0v) is 12.3. The third-order valence-corrected chi connectivity index (χ3v) is 2.78. The number of hydrogen-bond acceptors (Lipinski definition) is 4. The van der Waals surface area contributed by atoms with Crippen molar-refractivity contribution in [1.29, 1.82) is 5.26 Å². The van der Waals surface area contributed by atoms with E-state index in [1.54, 1.807) is 19.9 Å². The van der Waals surface area contributed by atoms with E-state index in [1.807, 2.05) is 0 Å². The van der Waals surface area contributed by atoms with E-state index in [1.165, 1.54) is 7.05 Å². The molecular formula is C13H19N5O3. The Morgan fingerprint density at radius 1 is 1.14 bits per heavy atom. The van der Waals surface area contributed by atoms with Gasteiger partial charge in [0.25, 0.3) is 0 Å². The van der Waals surface area contributed by atoms with Crippen LogP contribution in [-0.4, -0.2) is 43.9 Å². The molecule has 0 aromatic carbocycles. The van der Waals surface area contributed by atoms with Gasteiger partial charge < -0.3 is 20.8 Å². The average Bonchev–Trinajstić information content (AvgIpc) is 2.47. The first-order valence-electron chi connectivity index (χ1n) is 6.51. The molecule has 8 heteroatoms. The molecule has 0 aliphatic heterocycles. The number of nitrogens with zero attached hydrogens (tertiary/aromatic N) is 2. The molecule has 0 saturated carbocycles. The SMILES string of the molecule is [C-]#[N+]C(C(=O)NCC)C(C(=O)NC)C(C#N)C(=O)NCC. The molecule has 0 aliphatic rings. The minimum absolute atomic E-state index is 0.279. The average molecular weight is 293 g/mol. The van der Waals surface area contributed by atoms with Crippen LogP contribution in [0.15, 0.2) is 0 Å². The Labute approximate surface area is 123 Å². The highest BCUT2D eigenvalue weighted by Gasteiger charge is 2.47. The lowest BCUT2D eigenvalue weighted by molar-refractivity contribution is -0.136. The molecule has 8 nitrogen and oxygen atoms in total. The Bertz CT molecular complexity index is 441. The molecule has 0 aromatic heterocycles. The van der Waals surface area contributed by atoms with Gasteiger partial charge in [0.1, 0.15) is 11.8 Å². The predicted molar refractivity (Wildman–Crippen MR) is 74.4 cm³/mol. The van der Waals surface area contributed by atoms with Crippen LogP contribution in [0.4, 0.5) is 0 Å². The number of hydrogen-bond donors (Lipinski definition) is 3. The van der Waals surface area contributed by atoms with Crippen LogP contribution in [-0.2, 0) is 14.4 Å². The number of amides is 3. The number of rotatable bonds is 7. The highest BCUT2D eigenvalue weighted by Crippen LogP contribution is 2.20. The zero-order chi connectivity index (χ0) is 16.4. The normalized spacial score (nSPS) is 13.8. The first-order valence-corrected chi connectivity index (χ1v) is 6.51. The van der Waals surface area contributed by atoms with Crippen LogP contribution in [0.25, 0.3) is 4.85 Å². The van der Waals surface area contributed by atoms with Crippen LogP contribution >= 0.6 is 0 Å². The Morgan fingerprint density at radius 2 is 1.67 bits per heavy atom. The van der Waals surface area contributed by atoms with Gasteiger partial charge in [0, 0.05) is 20.1 Å². The maximum Gasteiger partial charge on any atom is 0.313 e. The largest absolute Gasteiger partial charge is 0.359 e. The van der Waals surface area contributed by atoms with Gasteiger partial charge in [0.05, 0.1) is 6.07 Å². The van der Waals surface area contributed by atoms with Crippen molar-refractivity contribution in [3.8, 4) is 6.07 Å². The summed E-state index contributed by atoms with van der Waals surface area (Å²) in [6.45, 7) is 11.0. The van der Waals surface area contributed by atoms with Gasteiger partial charge in [-0.2, -0.15) is 5.26 Å². The van der Waals surface area contributed by atoms with Crippen molar-refractivity contribution in [3.63, 3.8) is 0 Å². The van der Waals surface area contributed by atoms with Crippen LogP contribution in [0.1, 0.15) is 13.8 Å². The fraction of sp³-hybridized carbons (Fsp3) is 0.615. The maximum atomic E-state index is 12.0. The van der Waals surface area contributed by atoms with E-state index < -0.39 is 35.6 Å². The topological polar surface area (TPSA) is 115 Å². The van der Waals surface area contributed by atoms with E-state index >= 15 is 0 Å². The quantitative estimate of drug-likeness (QED) is 0.525. The third-order valence-electron chi connectivity index (χ3n) is 2.78. The van der Waals surface area contributed by atoms with Gasteiger partial charge in [-0.25, -0.2) is 6.57 Å². The van der Waals surface area contributed by atoms with E-state index in [-0.39, 0.29) is 13.1 Å². The summed E-state index contributed by atoms with van der Waals surface area (Å²) >= 11 is 0. The number of carbonyl (C=O) groups is 3. The van der Waals surface area contributed by atoms with Crippen LogP contribution in [0.3, 0.4) is 0 Å². The molecule has 3 amide bonds. The second-order valence-electron chi connectivity index (χ2n) is 4.11. The number of nitrogens with one attached hydrogen (secondary N) is 3. The van der Waals surface area contributed by atoms with Crippen LogP contribution in [0.2, 0.25) is 0 Å². The van der Waals surface area contributed by atoms with Crippen LogP contribution < -0.4 is 16.0 Å². The van der Waals surface area contributed by atoms with Gasteiger partial charge in [-0.05, 0) is 13.8 Å². The zero-order valence-electron chi connectivity index (χ0n) is 12.3. The summed E-state index contributed by atoms with van der Waals surface area (Å²) in [6.07, 6.45) is 0. The second kappa shape index (κ2) is 9.32. The van der Waals surface area contributed by atoms with Crippen molar-refractivity contribution in [2.24, 2.45) is 11.8 Å². The second-order valence-corrected chi connectivity index (χ2v) is 4.11. The molecule has 0 rings (SSSR count). The van der Waals surface area contributed by atoms with Crippen LogP contribution in [0.5, 0.6) is 0 Å². The van der Waals surface area contributed by atoms with E-state index in [9.17, 15) is 14.4 Å². The maximum absolute atomic E-state index is 12.0. The Balaban J connectivity index is 5.59. The molecule has 114 valence electrons. The summed E-state index contributed by atoms with van der Waals surface area (Å²) in [5, 5.41) is 16.3. The lowest BCUT2D eigenvalue weighted by Gasteiger charge is -2.20. The first-order chi connectivity index (χ1) is 9.98. The fourth-order valence-corrected chi connectivity index (χ4v) is 1.81. The number of likely N-dealkylation sites (N-methyl/N-ethyl adjacent to an activating group) is 1. The summed E-state index contributed by atoms with van der Waals surface area (Å²) in [4.78, 5) is 38.9. The van der Waals surface area contributed by atoms with Crippen molar-refractivity contribution in [3.05, 3.63) is 11.4 Å². The molecule has 21 heavy (non-hydrogen) atoms. The minimum Gasteiger partial charge on any atom is -0.359 e. The van der Waals surface area contributed by atoms with Crippen LogP contribution in [0, 0.1) is 29.7 Å². The molecule has 3 unspecified atom stereocenters. The van der Waals surface area contributed by atoms with Gasteiger partial charge in [-0.15, -0.1) is 0 Å². The summed E-state index contributed by atoms with van der Waals surface area (Å²) in [7, 11) is 1.32. The van der Waals surface area contributed by atoms with Gasteiger partial charge in [0.2, 0.25) is 11.8 Å². The predicted octanol–water partition coefficient (Wildman–Crippen LogP) is -0.952. The Hall–Kier alpha value is -2.61. The van der Waals surface area contributed by atoms with Crippen molar-refractivity contribution in [1.82, 2.24) is 16.0 Å². The van der Waals surface area contributed by atoms with E-state index in [4.69, 9.17) is 11.8 Å².